The van der Waals surface area contributed by atoms with Gasteiger partial charge in [0.2, 0.25) is 11.8 Å². The Balaban J connectivity index is 1.24. The number of hydrogen-bond acceptors (Lipinski definition) is 5. The fourth-order valence-electron chi connectivity index (χ4n) is 6.07. The van der Waals surface area contributed by atoms with Crippen molar-refractivity contribution in [3.63, 3.8) is 0 Å². The van der Waals surface area contributed by atoms with Gasteiger partial charge in [-0.2, -0.15) is 0 Å². The highest BCUT2D eigenvalue weighted by atomic mass is 32.1. The van der Waals surface area contributed by atoms with Gasteiger partial charge >= 0.3 is 0 Å². The Hall–Kier alpha value is -3.52. The quantitative estimate of drug-likeness (QED) is 0.336. The molecule has 0 saturated carbocycles. The average Bonchev–Trinajstić information content (AvgIpc) is 3.70. The first-order valence-corrected chi connectivity index (χ1v) is 15.7. The molecule has 0 radical (unpaired) electrons. The van der Waals surface area contributed by atoms with Gasteiger partial charge < -0.3 is 15.1 Å². The van der Waals surface area contributed by atoms with Crippen LogP contribution in [0.1, 0.15) is 79.2 Å². The third kappa shape index (κ3) is 6.08. The van der Waals surface area contributed by atoms with Crippen molar-refractivity contribution in [2.45, 2.75) is 85.0 Å². The molecule has 2 aromatic carbocycles. The van der Waals surface area contributed by atoms with Gasteiger partial charge in [-0.3, -0.25) is 14.4 Å². The smallest absolute Gasteiger partial charge is 0.255 e. The zero-order valence-electron chi connectivity index (χ0n) is 24.5. The van der Waals surface area contributed by atoms with E-state index in [1.54, 1.807) is 21.1 Å². The minimum Gasteiger partial charge on any atom is -0.350 e. The first-order valence-electron chi connectivity index (χ1n) is 14.8. The zero-order valence-corrected chi connectivity index (χ0v) is 25.3. The van der Waals surface area contributed by atoms with E-state index in [1.165, 1.54) is 5.56 Å². The molecule has 1 fully saturated rings. The van der Waals surface area contributed by atoms with Crippen LogP contribution in [-0.4, -0.2) is 51.1 Å². The maximum atomic E-state index is 14.0. The lowest BCUT2D eigenvalue weighted by atomic mass is 10.0. The standard InChI is InChI=1S/C33H40N4O3S/c1-5-6-8-23-12-15-27-26(17-23)19-37(32(27)39)29(21(2)3)33(40)36-16-7-9-28(36)31(38)34-18-24-10-13-25(14-11-24)30-22(4)35-20-41-30/h10-15,17,20-21,28-29H,5-9,16,18-19H2,1-4H3,(H,34,38). The Bertz CT molecular complexity index is 1410. The van der Waals surface area contributed by atoms with Gasteiger partial charge in [-0.15, -0.1) is 11.3 Å². The largest absolute Gasteiger partial charge is 0.350 e. The molecule has 0 spiro atoms. The van der Waals surface area contributed by atoms with Gasteiger partial charge in [0.1, 0.15) is 12.1 Å². The lowest BCUT2D eigenvalue weighted by molar-refractivity contribution is -0.143. The molecule has 41 heavy (non-hydrogen) atoms. The summed E-state index contributed by atoms with van der Waals surface area (Å²) in [5.41, 5.74) is 7.89. The molecule has 3 heterocycles. The monoisotopic (exact) mass is 572 g/mol. The molecule has 2 atom stereocenters. The molecule has 0 aliphatic carbocycles. The second-order valence-corrected chi connectivity index (χ2v) is 12.4. The fraction of sp³-hybridized carbons (Fsp3) is 0.455. The number of thiazole rings is 1. The fourth-order valence-corrected chi connectivity index (χ4v) is 6.88. The number of aryl methyl sites for hydroxylation is 2. The van der Waals surface area contributed by atoms with Gasteiger partial charge in [-0.1, -0.05) is 63.6 Å². The van der Waals surface area contributed by atoms with Crippen molar-refractivity contribution < 1.29 is 14.4 Å². The number of aromatic nitrogens is 1. The maximum Gasteiger partial charge on any atom is 0.255 e. The summed E-state index contributed by atoms with van der Waals surface area (Å²) in [5.74, 6) is -0.441. The minimum absolute atomic E-state index is 0.0784. The summed E-state index contributed by atoms with van der Waals surface area (Å²) >= 11 is 1.62. The predicted octanol–water partition coefficient (Wildman–Crippen LogP) is 5.75. The Morgan fingerprint density at radius 3 is 2.56 bits per heavy atom. The van der Waals surface area contributed by atoms with Crippen LogP contribution in [-0.2, 0) is 29.1 Å². The predicted molar refractivity (Wildman–Crippen MR) is 162 cm³/mol. The van der Waals surface area contributed by atoms with Crippen molar-refractivity contribution in [1.29, 1.82) is 0 Å². The molecule has 3 amide bonds. The summed E-state index contributed by atoms with van der Waals surface area (Å²) in [7, 11) is 0. The number of benzene rings is 2. The van der Waals surface area contributed by atoms with E-state index in [1.807, 2.05) is 50.5 Å². The van der Waals surface area contributed by atoms with E-state index in [2.05, 4.69) is 35.4 Å². The van der Waals surface area contributed by atoms with Crippen LogP contribution in [0.4, 0.5) is 0 Å². The minimum atomic E-state index is -0.606. The molecule has 5 rings (SSSR count). The number of carbonyl (C=O) groups is 3. The summed E-state index contributed by atoms with van der Waals surface area (Å²) in [6.07, 6.45) is 4.62. The summed E-state index contributed by atoms with van der Waals surface area (Å²) in [6, 6.07) is 13.1. The summed E-state index contributed by atoms with van der Waals surface area (Å²) in [5, 5.41) is 3.05. The number of unbranched alkanes of at least 4 members (excludes halogenated alkanes) is 1. The van der Waals surface area contributed by atoms with E-state index < -0.39 is 12.1 Å². The van der Waals surface area contributed by atoms with Crippen LogP contribution < -0.4 is 5.32 Å². The summed E-state index contributed by atoms with van der Waals surface area (Å²) < 4.78 is 0. The van der Waals surface area contributed by atoms with Crippen molar-refractivity contribution in [1.82, 2.24) is 20.1 Å². The highest BCUT2D eigenvalue weighted by Gasteiger charge is 2.43. The normalized spacial score (nSPS) is 17.3. The summed E-state index contributed by atoms with van der Waals surface area (Å²) in [4.78, 5) is 49.7. The molecule has 216 valence electrons. The van der Waals surface area contributed by atoms with Crippen LogP contribution in [0.25, 0.3) is 10.4 Å². The van der Waals surface area contributed by atoms with Crippen molar-refractivity contribution >= 4 is 29.1 Å². The number of amides is 3. The molecule has 2 unspecified atom stereocenters. The van der Waals surface area contributed by atoms with Crippen molar-refractivity contribution in [3.8, 4) is 10.4 Å². The van der Waals surface area contributed by atoms with Gasteiger partial charge in [-0.25, -0.2) is 4.98 Å². The van der Waals surface area contributed by atoms with Crippen LogP contribution in [0.3, 0.4) is 0 Å². The second kappa shape index (κ2) is 12.6. The lowest BCUT2D eigenvalue weighted by Crippen LogP contribution is -2.55. The Kier molecular flexibility index (Phi) is 8.88. The molecule has 2 aliphatic rings. The van der Waals surface area contributed by atoms with E-state index in [-0.39, 0.29) is 23.6 Å². The Morgan fingerprint density at radius 2 is 1.88 bits per heavy atom. The van der Waals surface area contributed by atoms with E-state index in [0.717, 1.165) is 52.9 Å². The van der Waals surface area contributed by atoms with E-state index in [0.29, 0.717) is 31.6 Å². The number of carbonyl (C=O) groups excluding carboxylic acids is 3. The molecule has 0 bridgehead atoms. The first kappa shape index (κ1) is 29.0. The van der Waals surface area contributed by atoms with E-state index in [9.17, 15) is 14.4 Å². The third-order valence-corrected chi connectivity index (χ3v) is 9.29. The van der Waals surface area contributed by atoms with Gasteiger partial charge in [0.15, 0.2) is 0 Å². The molecule has 1 aromatic heterocycles. The van der Waals surface area contributed by atoms with Crippen molar-refractivity contribution in [2.75, 3.05) is 6.54 Å². The number of nitrogens with zero attached hydrogens (tertiary/aromatic N) is 3. The number of hydrogen-bond donors (Lipinski definition) is 1. The molecule has 1 saturated heterocycles. The van der Waals surface area contributed by atoms with Gasteiger partial charge in [0, 0.05) is 25.2 Å². The highest BCUT2D eigenvalue weighted by Crippen LogP contribution is 2.31. The molecule has 8 heteroatoms. The van der Waals surface area contributed by atoms with Crippen LogP contribution >= 0.6 is 11.3 Å². The van der Waals surface area contributed by atoms with Gasteiger partial charge in [0.05, 0.1) is 16.1 Å². The highest BCUT2D eigenvalue weighted by molar-refractivity contribution is 7.13. The van der Waals surface area contributed by atoms with Gasteiger partial charge in [-0.05, 0) is 66.8 Å². The third-order valence-electron chi connectivity index (χ3n) is 8.31. The van der Waals surface area contributed by atoms with Crippen molar-refractivity contribution in [3.05, 3.63) is 75.9 Å². The first-order chi connectivity index (χ1) is 19.8. The topological polar surface area (TPSA) is 82.6 Å². The van der Waals surface area contributed by atoms with Crippen LogP contribution in [0, 0.1) is 12.8 Å². The van der Waals surface area contributed by atoms with Crippen LogP contribution in [0.15, 0.2) is 48.0 Å². The SMILES string of the molecule is CCCCc1ccc2c(c1)CN(C(C(=O)N1CCCC1C(=O)NCc1ccc(-c3scnc3C)cc1)C(C)C)C2=O. The molecule has 3 aromatic rings. The number of fused-ring (bicyclic) bond motifs is 1. The van der Waals surface area contributed by atoms with Crippen LogP contribution in [0.2, 0.25) is 0 Å². The number of nitrogens with one attached hydrogen (secondary N) is 1. The number of rotatable bonds is 10. The summed E-state index contributed by atoms with van der Waals surface area (Å²) in [6.45, 7) is 9.49. The van der Waals surface area contributed by atoms with E-state index >= 15 is 0 Å². The van der Waals surface area contributed by atoms with Crippen LogP contribution in [0.5, 0.6) is 0 Å². The molecular formula is C33H40N4O3S. The Labute approximate surface area is 247 Å². The van der Waals surface area contributed by atoms with Gasteiger partial charge in [0.25, 0.3) is 5.91 Å². The maximum absolute atomic E-state index is 14.0. The Morgan fingerprint density at radius 1 is 1.12 bits per heavy atom. The average molecular weight is 573 g/mol. The molecule has 1 N–H and O–H groups in total. The van der Waals surface area contributed by atoms with Crippen molar-refractivity contribution in [2.24, 2.45) is 5.92 Å². The second-order valence-electron chi connectivity index (χ2n) is 11.6. The molecule has 7 nitrogen and oxygen atoms in total. The lowest BCUT2D eigenvalue weighted by Gasteiger charge is -2.35. The number of likely N-dealkylation sites (tertiary alicyclic amines) is 1. The zero-order chi connectivity index (χ0) is 29.1. The molecule has 2 aliphatic heterocycles. The van der Waals surface area contributed by atoms with E-state index in [4.69, 9.17) is 0 Å². The molecular weight excluding hydrogens is 532 g/mol.